The van der Waals surface area contributed by atoms with Crippen molar-refractivity contribution in [2.24, 2.45) is 17.2 Å². The highest BCUT2D eigenvalue weighted by Gasteiger charge is 2.32. The average Bonchev–Trinajstić information content (AvgIpc) is 2.24. The first-order chi connectivity index (χ1) is 6.94. The molecule has 0 radical (unpaired) electrons. The summed E-state index contributed by atoms with van der Waals surface area (Å²) in [5.41, 5.74) is 17.7. The van der Waals surface area contributed by atoms with Gasteiger partial charge in [-0.2, -0.15) is 0 Å². The molecule has 1 saturated carbocycles. The molecule has 0 aliphatic heterocycles. The van der Waals surface area contributed by atoms with E-state index in [1.807, 2.05) is 0 Å². The topological polar surface area (TPSA) is 115 Å². The summed E-state index contributed by atoms with van der Waals surface area (Å²) < 4.78 is 11.2. The lowest BCUT2D eigenvalue weighted by Gasteiger charge is -2.27. The highest BCUT2D eigenvalue weighted by molar-refractivity contribution is 7.39. The maximum atomic E-state index is 11.2. The Balaban J connectivity index is 2.68. The summed E-state index contributed by atoms with van der Waals surface area (Å²) >= 11 is 0. The Morgan fingerprint density at radius 1 is 1.07 bits per heavy atom. The molecule has 0 heterocycles. The lowest BCUT2D eigenvalue weighted by atomic mass is 10.0. The molecule has 0 aromatic rings. The SMILES string of the molecule is NC1CCC(N)CCC(N)([PH](=O)O)CC1. The molecular weight excluding hydrogens is 213 g/mol. The normalized spacial score (nSPS) is 41.3. The van der Waals surface area contributed by atoms with E-state index in [2.05, 4.69) is 0 Å². The molecular formula is C9H22N3O2P. The Morgan fingerprint density at radius 2 is 1.47 bits per heavy atom. The average molecular weight is 235 g/mol. The van der Waals surface area contributed by atoms with E-state index in [4.69, 9.17) is 17.2 Å². The Labute approximate surface area is 91.3 Å². The van der Waals surface area contributed by atoms with E-state index in [9.17, 15) is 9.46 Å². The summed E-state index contributed by atoms with van der Waals surface area (Å²) in [4.78, 5) is 9.26. The van der Waals surface area contributed by atoms with Crippen LogP contribution in [0.2, 0.25) is 0 Å². The molecule has 1 aliphatic rings. The zero-order valence-electron chi connectivity index (χ0n) is 8.98. The van der Waals surface area contributed by atoms with E-state index < -0.39 is 13.3 Å². The minimum atomic E-state index is -2.72. The van der Waals surface area contributed by atoms with Crippen LogP contribution in [0.3, 0.4) is 0 Å². The van der Waals surface area contributed by atoms with Crippen LogP contribution in [0.5, 0.6) is 0 Å². The number of hydrogen-bond acceptors (Lipinski definition) is 4. The van der Waals surface area contributed by atoms with Crippen LogP contribution in [-0.4, -0.2) is 22.3 Å². The van der Waals surface area contributed by atoms with Gasteiger partial charge in [-0.25, -0.2) is 0 Å². The molecule has 0 aromatic carbocycles. The van der Waals surface area contributed by atoms with Gasteiger partial charge >= 0.3 is 0 Å². The van der Waals surface area contributed by atoms with Crippen molar-refractivity contribution in [2.45, 2.75) is 55.9 Å². The van der Waals surface area contributed by atoms with Crippen molar-refractivity contribution in [3.63, 3.8) is 0 Å². The predicted molar refractivity (Wildman–Crippen MR) is 61.8 cm³/mol. The number of nitrogens with two attached hydrogens (primary N) is 3. The molecule has 0 aromatic heterocycles. The van der Waals surface area contributed by atoms with Crippen LogP contribution in [-0.2, 0) is 4.57 Å². The first-order valence-corrected chi connectivity index (χ1v) is 6.83. The molecule has 0 spiro atoms. The summed E-state index contributed by atoms with van der Waals surface area (Å²) in [6, 6.07) is 0.108. The second-order valence-electron chi connectivity index (χ2n) is 4.64. The molecule has 15 heavy (non-hydrogen) atoms. The molecule has 0 bridgehead atoms. The van der Waals surface area contributed by atoms with Crippen molar-refractivity contribution < 1.29 is 9.46 Å². The van der Waals surface area contributed by atoms with Crippen molar-refractivity contribution in [1.82, 2.24) is 0 Å². The van der Waals surface area contributed by atoms with Gasteiger partial charge in [0.15, 0.2) is 0 Å². The lowest BCUT2D eigenvalue weighted by molar-refractivity contribution is 0.392. The van der Waals surface area contributed by atoms with Crippen LogP contribution in [0.1, 0.15) is 38.5 Å². The standard InChI is InChI=1S/C9H22N3O2P/c10-7-1-2-8(11)4-6-9(12,5-3-7)15(13)14/h7-8,15H,1-6,10-12H2,(H,13,14). The van der Waals surface area contributed by atoms with Crippen LogP contribution in [0.15, 0.2) is 0 Å². The summed E-state index contributed by atoms with van der Waals surface area (Å²) in [5, 5.41) is -0.954. The summed E-state index contributed by atoms with van der Waals surface area (Å²) in [6.45, 7) is 0. The fourth-order valence-electron chi connectivity index (χ4n) is 1.94. The van der Waals surface area contributed by atoms with Crippen LogP contribution in [0.4, 0.5) is 0 Å². The summed E-state index contributed by atoms with van der Waals surface area (Å²) in [7, 11) is -2.72. The van der Waals surface area contributed by atoms with Gasteiger partial charge in [-0.1, -0.05) is 0 Å². The molecule has 7 N–H and O–H groups in total. The van der Waals surface area contributed by atoms with Crippen LogP contribution < -0.4 is 17.2 Å². The molecule has 3 unspecified atom stereocenters. The lowest BCUT2D eigenvalue weighted by Crippen LogP contribution is -2.38. The Morgan fingerprint density at radius 3 is 1.80 bits per heavy atom. The monoisotopic (exact) mass is 235 g/mol. The zero-order chi connectivity index (χ0) is 11.5. The van der Waals surface area contributed by atoms with Crippen molar-refractivity contribution in [1.29, 1.82) is 0 Å². The Hall–Kier alpha value is 0.0700. The predicted octanol–water partition coefficient (Wildman–Crippen LogP) is 0.117. The fraction of sp³-hybridized carbons (Fsp3) is 1.00. The number of rotatable bonds is 1. The molecule has 0 saturated heterocycles. The molecule has 1 fully saturated rings. The minimum Gasteiger partial charge on any atom is -0.345 e. The van der Waals surface area contributed by atoms with Gasteiger partial charge in [0.1, 0.15) is 0 Å². The summed E-state index contributed by atoms with van der Waals surface area (Å²) in [5.74, 6) is 0. The quantitative estimate of drug-likeness (QED) is 0.482. The third-order valence-corrected chi connectivity index (χ3v) is 4.61. The van der Waals surface area contributed by atoms with Gasteiger partial charge in [0.25, 0.3) is 0 Å². The maximum Gasteiger partial charge on any atom is 0.208 e. The first-order valence-electron chi connectivity index (χ1n) is 5.47. The van der Waals surface area contributed by atoms with Gasteiger partial charge in [-0.3, -0.25) is 4.57 Å². The zero-order valence-corrected chi connectivity index (χ0v) is 9.98. The van der Waals surface area contributed by atoms with Crippen molar-refractivity contribution >= 4 is 8.03 Å². The van der Waals surface area contributed by atoms with Gasteiger partial charge < -0.3 is 22.1 Å². The summed E-state index contributed by atoms with van der Waals surface area (Å²) in [6.07, 6.45) is 4.22. The molecule has 90 valence electrons. The molecule has 0 amide bonds. The van der Waals surface area contributed by atoms with Gasteiger partial charge in [0, 0.05) is 12.1 Å². The third-order valence-electron chi connectivity index (χ3n) is 3.26. The first kappa shape index (κ1) is 13.1. The molecule has 3 atom stereocenters. The molecule has 1 aliphatic carbocycles. The van der Waals surface area contributed by atoms with Crippen molar-refractivity contribution in [3.8, 4) is 0 Å². The van der Waals surface area contributed by atoms with Crippen LogP contribution in [0, 0.1) is 0 Å². The van der Waals surface area contributed by atoms with E-state index in [1.165, 1.54) is 0 Å². The second-order valence-corrected chi connectivity index (χ2v) is 6.24. The molecule has 6 heteroatoms. The maximum absolute atomic E-state index is 11.2. The fourth-order valence-corrected chi connectivity index (χ4v) is 2.66. The van der Waals surface area contributed by atoms with Gasteiger partial charge in [-0.05, 0) is 38.5 Å². The Bertz CT molecular complexity index is 223. The second kappa shape index (κ2) is 5.41. The smallest absolute Gasteiger partial charge is 0.208 e. The van der Waals surface area contributed by atoms with Crippen LogP contribution in [0.25, 0.3) is 0 Å². The van der Waals surface area contributed by atoms with Crippen molar-refractivity contribution in [3.05, 3.63) is 0 Å². The largest absolute Gasteiger partial charge is 0.345 e. The van der Waals surface area contributed by atoms with E-state index in [0.717, 1.165) is 12.8 Å². The van der Waals surface area contributed by atoms with Gasteiger partial charge in [0.05, 0.1) is 5.28 Å². The van der Waals surface area contributed by atoms with Gasteiger partial charge in [-0.15, -0.1) is 0 Å². The van der Waals surface area contributed by atoms with Gasteiger partial charge in [0.2, 0.25) is 8.03 Å². The van der Waals surface area contributed by atoms with Crippen molar-refractivity contribution in [2.75, 3.05) is 0 Å². The molecule has 5 nitrogen and oxygen atoms in total. The highest BCUT2D eigenvalue weighted by Crippen LogP contribution is 2.39. The van der Waals surface area contributed by atoms with E-state index in [-0.39, 0.29) is 12.1 Å². The minimum absolute atomic E-state index is 0.0541. The van der Waals surface area contributed by atoms with E-state index in [1.54, 1.807) is 0 Å². The Kier molecular flexibility index (Phi) is 4.74. The van der Waals surface area contributed by atoms with Crippen LogP contribution >= 0.6 is 8.03 Å². The third kappa shape index (κ3) is 3.85. The van der Waals surface area contributed by atoms with E-state index >= 15 is 0 Å². The molecule has 1 rings (SSSR count). The number of hydrogen-bond donors (Lipinski definition) is 4. The van der Waals surface area contributed by atoms with E-state index in [0.29, 0.717) is 25.7 Å². The highest BCUT2D eigenvalue weighted by atomic mass is 31.1.